The number of aromatic nitrogens is 3. The minimum atomic E-state index is 0.341. The summed E-state index contributed by atoms with van der Waals surface area (Å²) in [6, 6.07) is 13.1. The molecule has 1 N–H and O–H groups in total. The van der Waals surface area contributed by atoms with Gasteiger partial charge in [0.15, 0.2) is 0 Å². The van der Waals surface area contributed by atoms with Crippen molar-refractivity contribution in [2.45, 2.75) is 19.3 Å². The van der Waals surface area contributed by atoms with Gasteiger partial charge in [-0.2, -0.15) is 5.10 Å². The van der Waals surface area contributed by atoms with Crippen LogP contribution in [0.2, 0.25) is 0 Å². The Bertz CT molecular complexity index is 858. The highest BCUT2D eigenvalue weighted by atomic mass is 16.5. The molecule has 1 aliphatic carbocycles. The van der Waals surface area contributed by atoms with Gasteiger partial charge in [-0.1, -0.05) is 0 Å². The number of nitrogens with one attached hydrogen (secondary N) is 1. The van der Waals surface area contributed by atoms with Crippen molar-refractivity contribution < 1.29 is 14.3 Å². The second-order valence-electron chi connectivity index (χ2n) is 6.39. The van der Waals surface area contributed by atoms with E-state index in [0.717, 1.165) is 23.4 Å². The zero-order valence-electron chi connectivity index (χ0n) is 14.2. The lowest BCUT2D eigenvalue weighted by atomic mass is 10.1. The average Bonchev–Trinajstić information content (AvgIpc) is 3.34. The van der Waals surface area contributed by atoms with Gasteiger partial charge in [0.1, 0.15) is 17.3 Å². The molecule has 6 heteroatoms. The van der Waals surface area contributed by atoms with Crippen LogP contribution < -0.4 is 9.47 Å². The van der Waals surface area contributed by atoms with Crippen LogP contribution in [0, 0.1) is 5.92 Å². The van der Waals surface area contributed by atoms with Crippen LogP contribution >= 0.6 is 0 Å². The molecule has 0 spiro atoms. The van der Waals surface area contributed by atoms with E-state index in [2.05, 4.69) is 15.2 Å². The first-order chi connectivity index (χ1) is 12.8. The van der Waals surface area contributed by atoms with Gasteiger partial charge in [-0.25, -0.2) is 4.98 Å². The molecule has 4 rings (SSSR count). The topological polar surface area (TPSA) is 77.1 Å². The number of rotatable bonds is 6. The third-order valence-corrected chi connectivity index (χ3v) is 4.43. The average molecular weight is 349 g/mol. The summed E-state index contributed by atoms with van der Waals surface area (Å²) in [6.07, 6.45) is 5.70. The molecule has 0 aliphatic heterocycles. The summed E-state index contributed by atoms with van der Waals surface area (Å²) >= 11 is 0. The number of ketones is 1. The fourth-order valence-electron chi connectivity index (χ4n) is 2.99. The lowest BCUT2D eigenvalue weighted by Crippen LogP contribution is -2.08. The molecule has 1 fully saturated rings. The molecule has 1 saturated carbocycles. The standard InChI is InChI=1S/C20H19N3O3/c24-16-3-1-14(11-16)13-25-17-4-6-18(7-5-17)26-20-8-2-15(12-21-20)19-9-10-22-23-19/h2,4-10,12,14H,1,3,11,13H2,(H,22,23)/t14-/m1/s1. The first kappa shape index (κ1) is 16.3. The van der Waals surface area contributed by atoms with Gasteiger partial charge in [-0.05, 0) is 42.8 Å². The quantitative estimate of drug-likeness (QED) is 0.727. The highest BCUT2D eigenvalue weighted by Crippen LogP contribution is 2.26. The van der Waals surface area contributed by atoms with E-state index in [1.807, 2.05) is 42.5 Å². The van der Waals surface area contributed by atoms with E-state index in [4.69, 9.17) is 9.47 Å². The third-order valence-electron chi connectivity index (χ3n) is 4.43. The molecular weight excluding hydrogens is 330 g/mol. The third kappa shape index (κ3) is 3.91. The van der Waals surface area contributed by atoms with Crippen LogP contribution in [0.25, 0.3) is 11.3 Å². The number of ether oxygens (including phenoxy) is 2. The Morgan fingerprint density at radius 2 is 1.92 bits per heavy atom. The number of Topliss-reactive ketones (excluding diaryl/α,β-unsaturated/α-hetero) is 1. The first-order valence-corrected chi connectivity index (χ1v) is 8.64. The minimum absolute atomic E-state index is 0.341. The van der Waals surface area contributed by atoms with Crippen molar-refractivity contribution in [3.8, 4) is 28.6 Å². The molecule has 1 aromatic carbocycles. The summed E-state index contributed by atoms with van der Waals surface area (Å²) in [6.45, 7) is 0.586. The molecular formula is C20H19N3O3. The smallest absolute Gasteiger partial charge is 0.219 e. The Morgan fingerprint density at radius 3 is 2.58 bits per heavy atom. The molecule has 0 amide bonds. The number of aromatic amines is 1. The molecule has 2 aromatic heterocycles. The fraction of sp³-hybridized carbons (Fsp3) is 0.250. The van der Waals surface area contributed by atoms with Gasteiger partial charge in [0.05, 0.1) is 12.3 Å². The largest absolute Gasteiger partial charge is 0.493 e. The second kappa shape index (κ2) is 7.39. The molecule has 132 valence electrons. The number of carbonyl (C=O) groups excluding carboxylic acids is 1. The number of pyridine rings is 1. The lowest BCUT2D eigenvalue weighted by Gasteiger charge is -2.11. The van der Waals surface area contributed by atoms with Crippen LogP contribution in [-0.2, 0) is 4.79 Å². The Kier molecular flexibility index (Phi) is 4.64. The highest BCUT2D eigenvalue weighted by Gasteiger charge is 2.22. The normalized spacial score (nSPS) is 16.6. The SMILES string of the molecule is O=C1CC[C@@H](COc2ccc(Oc3ccc(-c4ccn[nH]4)cn3)cc2)C1. The van der Waals surface area contributed by atoms with Gasteiger partial charge in [0, 0.05) is 42.8 Å². The summed E-state index contributed by atoms with van der Waals surface area (Å²) in [7, 11) is 0. The predicted octanol–water partition coefficient (Wildman–Crippen LogP) is 4.01. The van der Waals surface area contributed by atoms with Gasteiger partial charge < -0.3 is 9.47 Å². The lowest BCUT2D eigenvalue weighted by molar-refractivity contribution is -0.117. The number of H-pyrrole nitrogens is 1. The van der Waals surface area contributed by atoms with Crippen molar-refractivity contribution in [1.82, 2.24) is 15.2 Å². The molecule has 3 aromatic rings. The molecule has 26 heavy (non-hydrogen) atoms. The van der Waals surface area contributed by atoms with E-state index in [1.165, 1.54) is 0 Å². The van der Waals surface area contributed by atoms with E-state index >= 15 is 0 Å². The van der Waals surface area contributed by atoms with Crippen LogP contribution in [-0.4, -0.2) is 27.6 Å². The van der Waals surface area contributed by atoms with E-state index < -0.39 is 0 Å². The Labute approximate surface area is 151 Å². The van der Waals surface area contributed by atoms with Gasteiger partial charge >= 0.3 is 0 Å². The summed E-state index contributed by atoms with van der Waals surface area (Å²) in [5, 5.41) is 6.83. The zero-order chi connectivity index (χ0) is 17.8. The fourth-order valence-corrected chi connectivity index (χ4v) is 2.99. The van der Waals surface area contributed by atoms with Crippen LogP contribution in [0.15, 0.2) is 54.9 Å². The van der Waals surface area contributed by atoms with E-state index in [1.54, 1.807) is 12.4 Å². The predicted molar refractivity (Wildman–Crippen MR) is 96.2 cm³/mol. The Balaban J connectivity index is 1.33. The van der Waals surface area contributed by atoms with Crippen LogP contribution in [0.1, 0.15) is 19.3 Å². The van der Waals surface area contributed by atoms with Crippen molar-refractivity contribution in [3.63, 3.8) is 0 Å². The molecule has 2 heterocycles. The number of carbonyl (C=O) groups is 1. The van der Waals surface area contributed by atoms with Crippen molar-refractivity contribution in [2.75, 3.05) is 6.61 Å². The highest BCUT2D eigenvalue weighted by molar-refractivity contribution is 5.80. The summed E-state index contributed by atoms with van der Waals surface area (Å²) in [5.41, 5.74) is 1.86. The second-order valence-corrected chi connectivity index (χ2v) is 6.39. The monoisotopic (exact) mass is 349 g/mol. The number of hydrogen-bond donors (Lipinski definition) is 1. The maximum atomic E-state index is 11.3. The van der Waals surface area contributed by atoms with Crippen molar-refractivity contribution in [2.24, 2.45) is 5.92 Å². The molecule has 1 aliphatic rings. The van der Waals surface area contributed by atoms with Crippen LogP contribution in [0.3, 0.4) is 0 Å². The van der Waals surface area contributed by atoms with Gasteiger partial charge in [-0.15, -0.1) is 0 Å². The molecule has 6 nitrogen and oxygen atoms in total. The maximum absolute atomic E-state index is 11.3. The number of benzene rings is 1. The van der Waals surface area contributed by atoms with E-state index in [-0.39, 0.29) is 0 Å². The number of hydrogen-bond acceptors (Lipinski definition) is 5. The van der Waals surface area contributed by atoms with Crippen molar-refractivity contribution in [1.29, 1.82) is 0 Å². The molecule has 0 bridgehead atoms. The summed E-state index contributed by atoms with van der Waals surface area (Å²) in [4.78, 5) is 15.6. The summed E-state index contributed by atoms with van der Waals surface area (Å²) < 4.78 is 11.5. The van der Waals surface area contributed by atoms with Gasteiger partial charge in [0.25, 0.3) is 0 Å². The minimum Gasteiger partial charge on any atom is -0.493 e. The Hall–Kier alpha value is -3.15. The van der Waals surface area contributed by atoms with Crippen molar-refractivity contribution >= 4 is 5.78 Å². The maximum Gasteiger partial charge on any atom is 0.219 e. The molecule has 0 unspecified atom stereocenters. The van der Waals surface area contributed by atoms with E-state index in [9.17, 15) is 4.79 Å². The first-order valence-electron chi connectivity index (χ1n) is 8.64. The molecule has 0 radical (unpaired) electrons. The Morgan fingerprint density at radius 1 is 1.08 bits per heavy atom. The van der Waals surface area contributed by atoms with Crippen molar-refractivity contribution in [3.05, 3.63) is 54.9 Å². The van der Waals surface area contributed by atoms with Crippen LogP contribution in [0.5, 0.6) is 17.4 Å². The zero-order valence-corrected chi connectivity index (χ0v) is 14.2. The van der Waals surface area contributed by atoms with Crippen LogP contribution in [0.4, 0.5) is 0 Å². The van der Waals surface area contributed by atoms with Gasteiger partial charge in [-0.3, -0.25) is 9.89 Å². The van der Waals surface area contributed by atoms with Gasteiger partial charge in [0.2, 0.25) is 5.88 Å². The molecule has 1 atom stereocenters. The molecule has 0 saturated heterocycles. The number of nitrogens with zero attached hydrogens (tertiary/aromatic N) is 2. The van der Waals surface area contributed by atoms with E-state index in [0.29, 0.717) is 42.8 Å². The summed E-state index contributed by atoms with van der Waals surface area (Å²) in [5.74, 6) is 2.67.